The summed E-state index contributed by atoms with van der Waals surface area (Å²) in [7, 11) is 0. The van der Waals surface area contributed by atoms with E-state index in [0.717, 1.165) is 5.56 Å². The standard InChI is InChI=1S/C15H13ClN2O2/c16-11-3-1-2-10(6-11)8-18-13-7-12(17)4-5-14(13)20-9-15(18)19/h1-7H,8-9,17H2. The lowest BCUT2D eigenvalue weighted by Gasteiger charge is -2.29. The van der Waals surface area contributed by atoms with E-state index in [1.807, 2.05) is 18.2 Å². The van der Waals surface area contributed by atoms with Crippen LogP contribution in [0.25, 0.3) is 0 Å². The lowest BCUT2D eigenvalue weighted by molar-refractivity contribution is -0.121. The lowest BCUT2D eigenvalue weighted by atomic mass is 10.1. The fourth-order valence-electron chi connectivity index (χ4n) is 2.21. The van der Waals surface area contributed by atoms with Gasteiger partial charge >= 0.3 is 0 Å². The third kappa shape index (κ3) is 2.42. The SMILES string of the molecule is Nc1ccc2c(c1)N(Cc1cccc(Cl)c1)C(=O)CO2. The molecule has 0 aromatic heterocycles. The van der Waals surface area contributed by atoms with Crippen LogP contribution in [0.15, 0.2) is 42.5 Å². The quantitative estimate of drug-likeness (QED) is 0.865. The number of carbonyl (C=O) groups excluding carboxylic acids is 1. The average Bonchev–Trinajstić information content (AvgIpc) is 2.42. The number of benzene rings is 2. The average molecular weight is 289 g/mol. The molecule has 2 aromatic carbocycles. The molecule has 20 heavy (non-hydrogen) atoms. The summed E-state index contributed by atoms with van der Waals surface area (Å²) < 4.78 is 5.41. The summed E-state index contributed by atoms with van der Waals surface area (Å²) in [5, 5.41) is 0.649. The number of hydrogen-bond acceptors (Lipinski definition) is 3. The maximum absolute atomic E-state index is 12.1. The third-order valence-corrected chi connectivity index (χ3v) is 3.39. The van der Waals surface area contributed by atoms with E-state index >= 15 is 0 Å². The molecule has 4 nitrogen and oxygen atoms in total. The van der Waals surface area contributed by atoms with Crippen LogP contribution in [-0.2, 0) is 11.3 Å². The van der Waals surface area contributed by atoms with Crippen LogP contribution in [0.3, 0.4) is 0 Å². The number of halogens is 1. The molecular formula is C15H13ClN2O2. The Bertz CT molecular complexity index is 673. The predicted octanol–water partition coefficient (Wildman–Crippen LogP) is 2.85. The second-order valence-electron chi connectivity index (χ2n) is 4.63. The number of nitrogens with zero attached hydrogens (tertiary/aromatic N) is 1. The molecule has 0 unspecified atom stereocenters. The van der Waals surface area contributed by atoms with Gasteiger partial charge in [-0.25, -0.2) is 0 Å². The van der Waals surface area contributed by atoms with Gasteiger partial charge in [0, 0.05) is 10.7 Å². The smallest absolute Gasteiger partial charge is 0.265 e. The number of nitrogen functional groups attached to an aromatic ring is 1. The van der Waals surface area contributed by atoms with Gasteiger partial charge in [-0.15, -0.1) is 0 Å². The summed E-state index contributed by atoms with van der Waals surface area (Å²) in [5.41, 5.74) is 8.04. The monoisotopic (exact) mass is 288 g/mol. The number of carbonyl (C=O) groups is 1. The first-order valence-corrected chi connectivity index (χ1v) is 6.58. The van der Waals surface area contributed by atoms with E-state index < -0.39 is 0 Å². The Hall–Kier alpha value is -2.20. The largest absolute Gasteiger partial charge is 0.482 e. The molecule has 0 fully saturated rings. The highest BCUT2D eigenvalue weighted by Gasteiger charge is 2.25. The molecule has 2 N–H and O–H groups in total. The molecule has 0 bridgehead atoms. The number of ether oxygens (including phenoxy) is 1. The van der Waals surface area contributed by atoms with Crippen molar-refractivity contribution in [1.29, 1.82) is 0 Å². The minimum absolute atomic E-state index is 0.0392. The normalized spacial score (nSPS) is 13.8. The zero-order valence-corrected chi connectivity index (χ0v) is 11.4. The highest BCUT2D eigenvalue weighted by Crippen LogP contribution is 2.34. The highest BCUT2D eigenvalue weighted by atomic mass is 35.5. The minimum Gasteiger partial charge on any atom is -0.482 e. The first-order valence-electron chi connectivity index (χ1n) is 6.20. The van der Waals surface area contributed by atoms with Crippen molar-refractivity contribution >= 4 is 28.9 Å². The van der Waals surface area contributed by atoms with Crippen molar-refractivity contribution < 1.29 is 9.53 Å². The van der Waals surface area contributed by atoms with Crippen molar-refractivity contribution in [2.24, 2.45) is 0 Å². The van der Waals surface area contributed by atoms with Gasteiger partial charge in [0.05, 0.1) is 12.2 Å². The van der Waals surface area contributed by atoms with Crippen LogP contribution in [0.1, 0.15) is 5.56 Å². The van der Waals surface area contributed by atoms with Crippen LogP contribution in [0.5, 0.6) is 5.75 Å². The number of hydrogen-bond donors (Lipinski definition) is 1. The number of fused-ring (bicyclic) bond motifs is 1. The van der Waals surface area contributed by atoms with Crippen molar-refractivity contribution in [3.63, 3.8) is 0 Å². The van der Waals surface area contributed by atoms with Gasteiger partial charge in [0.25, 0.3) is 5.91 Å². The molecule has 0 aliphatic carbocycles. The molecule has 5 heteroatoms. The summed E-state index contributed by atoms with van der Waals surface area (Å²) in [4.78, 5) is 13.8. The van der Waals surface area contributed by atoms with Crippen molar-refractivity contribution in [1.82, 2.24) is 0 Å². The Kier molecular flexibility index (Phi) is 3.24. The molecule has 1 aliphatic rings. The number of nitrogens with two attached hydrogens (primary N) is 1. The Morgan fingerprint density at radius 1 is 1.25 bits per heavy atom. The first kappa shape index (κ1) is 12.8. The summed E-state index contributed by atoms with van der Waals surface area (Å²) in [6, 6.07) is 12.7. The molecule has 0 spiro atoms. The molecular weight excluding hydrogens is 276 g/mol. The molecule has 2 aromatic rings. The van der Waals surface area contributed by atoms with Gasteiger partial charge in [-0.05, 0) is 35.9 Å². The van der Waals surface area contributed by atoms with Crippen molar-refractivity contribution in [3.8, 4) is 5.75 Å². The predicted molar refractivity (Wildman–Crippen MR) is 79.0 cm³/mol. The molecule has 0 atom stereocenters. The van der Waals surface area contributed by atoms with Gasteiger partial charge in [-0.2, -0.15) is 0 Å². The van der Waals surface area contributed by atoms with E-state index in [0.29, 0.717) is 28.7 Å². The Morgan fingerprint density at radius 2 is 2.10 bits per heavy atom. The van der Waals surface area contributed by atoms with E-state index in [2.05, 4.69) is 0 Å². The molecule has 1 aliphatic heterocycles. The topological polar surface area (TPSA) is 55.6 Å². The lowest BCUT2D eigenvalue weighted by Crippen LogP contribution is -2.38. The van der Waals surface area contributed by atoms with Crippen LogP contribution >= 0.6 is 11.6 Å². The van der Waals surface area contributed by atoms with Crippen LogP contribution < -0.4 is 15.4 Å². The maximum atomic E-state index is 12.1. The second-order valence-corrected chi connectivity index (χ2v) is 5.06. The minimum atomic E-state index is -0.0944. The molecule has 0 saturated carbocycles. The van der Waals surface area contributed by atoms with Crippen LogP contribution in [0, 0.1) is 0 Å². The van der Waals surface area contributed by atoms with Gasteiger partial charge in [-0.1, -0.05) is 23.7 Å². The summed E-state index contributed by atoms with van der Waals surface area (Å²) in [5.74, 6) is 0.573. The molecule has 1 amide bonds. The van der Waals surface area contributed by atoms with E-state index in [9.17, 15) is 4.79 Å². The fraction of sp³-hybridized carbons (Fsp3) is 0.133. The number of rotatable bonds is 2. The maximum Gasteiger partial charge on any atom is 0.265 e. The molecule has 0 radical (unpaired) electrons. The first-order chi connectivity index (χ1) is 9.63. The summed E-state index contributed by atoms with van der Waals surface area (Å²) >= 11 is 5.98. The zero-order valence-electron chi connectivity index (χ0n) is 10.7. The fourth-order valence-corrected chi connectivity index (χ4v) is 2.42. The van der Waals surface area contributed by atoms with E-state index in [-0.39, 0.29) is 12.5 Å². The van der Waals surface area contributed by atoms with E-state index in [4.69, 9.17) is 22.1 Å². The van der Waals surface area contributed by atoms with Crippen LogP contribution in [0.2, 0.25) is 5.02 Å². The second kappa shape index (κ2) is 5.06. The van der Waals surface area contributed by atoms with E-state index in [1.54, 1.807) is 29.2 Å². The van der Waals surface area contributed by atoms with E-state index in [1.165, 1.54) is 0 Å². The van der Waals surface area contributed by atoms with Gasteiger partial charge in [0.15, 0.2) is 6.61 Å². The molecule has 102 valence electrons. The van der Waals surface area contributed by atoms with Crippen molar-refractivity contribution in [3.05, 3.63) is 53.1 Å². The zero-order chi connectivity index (χ0) is 14.1. The summed E-state index contributed by atoms with van der Waals surface area (Å²) in [6.07, 6.45) is 0. The Labute approximate surface area is 121 Å². The highest BCUT2D eigenvalue weighted by molar-refractivity contribution is 6.30. The number of anilines is 2. The molecule has 1 heterocycles. The summed E-state index contributed by atoms with van der Waals surface area (Å²) in [6.45, 7) is 0.483. The van der Waals surface area contributed by atoms with Crippen LogP contribution in [-0.4, -0.2) is 12.5 Å². The molecule has 0 saturated heterocycles. The third-order valence-electron chi connectivity index (χ3n) is 3.16. The van der Waals surface area contributed by atoms with Gasteiger partial charge in [-0.3, -0.25) is 4.79 Å². The Balaban J connectivity index is 1.97. The van der Waals surface area contributed by atoms with Gasteiger partial charge < -0.3 is 15.4 Å². The molecule has 3 rings (SSSR count). The van der Waals surface area contributed by atoms with Gasteiger partial charge in [0.2, 0.25) is 0 Å². The van der Waals surface area contributed by atoms with Crippen molar-refractivity contribution in [2.75, 3.05) is 17.2 Å². The van der Waals surface area contributed by atoms with Crippen molar-refractivity contribution in [2.45, 2.75) is 6.54 Å². The van der Waals surface area contributed by atoms with Crippen LogP contribution in [0.4, 0.5) is 11.4 Å². The Morgan fingerprint density at radius 3 is 2.90 bits per heavy atom. The number of amides is 1. The van der Waals surface area contributed by atoms with Gasteiger partial charge in [0.1, 0.15) is 5.75 Å².